The smallest absolute Gasteiger partial charge is 0.408 e. The topological polar surface area (TPSA) is 120 Å². The van der Waals surface area contributed by atoms with Gasteiger partial charge in [-0.2, -0.15) is 8.78 Å². The number of amides is 2. The Morgan fingerprint density at radius 3 is 2.52 bits per heavy atom. The van der Waals surface area contributed by atoms with Crippen LogP contribution in [0, 0.1) is 40.9 Å². The Morgan fingerprint density at radius 2 is 1.80 bits per heavy atom. The molecule has 46 heavy (non-hydrogen) atoms. The van der Waals surface area contributed by atoms with Crippen molar-refractivity contribution >= 4 is 29.3 Å². The zero-order valence-corrected chi connectivity index (χ0v) is 26.9. The Bertz CT molecular complexity index is 1560. The number of ether oxygens (including phenoxy) is 3. The summed E-state index contributed by atoms with van der Waals surface area (Å²) in [5, 5.41) is 2.83. The van der Waals surface area contributed by atoms with Crippen molar-refractivity contribution in [3.63, 3.8) is 0 Å². The Morgan fingerprint density at radius 1 is 1.02 bits per heavy atom. The van der Waals surface area contributed by atoms with Crippen molar-refractivity contribution in [2.24, 2.45) is 40.9 Å². The van der Waals surface area contributed by atoms with Gasteiger partial charge in [0.2, 0.25) is 11.8 Å². The summed E-state index contributed by atoms with van der Waals surface area (Å²) in [5.74, 6) is -4.27. The van der Waals surface area contributed by atoms with Crippen molar-refractivity contribution in [2.45, 2.75) is 90.0 Å². The van der Waals surface area contributed by atoms with Crippen molar-refractivity contribution in [1.29, 1.82) is 0 Å². The number of hydrogen-bond acceptors (Lipinski definition) is 8. The number of halogens is 2. The molecule has 10 atom stereocenters. The Kier molecular flexibility index (Phi) is 7.43. The maximum atomic E-state index is 16.5. The molecule has 7 rings (SSSR count). The van der Waals surface area contributed by atoms with Gasteiger partial charge in [-0.3, -0.25) is 4.79 Å². The van der Waals surface area contributed by atoms with E-state index < -0.39 is 59.1 Å². The highest BCUT2D eigenvalue weighted by atomic mass is 19.3. The first-order valence-corrected chi connectivity index (χ1v) is 16.4. The summed E-state index contributed by atoms with van der Waals surface area (Å²) in [7, 11) is 1.50. The minimum absolute atomic E-state index is 0.0599. The average molecular weight is 641 g/mol. The molecule has 12 heteroatoms. The monoisotopic (exact) mass is 640 g/mol. The van der Waals surface area contributed by atoms with Gasteiger partial charge < -0.3 is 29.2 Å². The molecule has 248 valence electrons. The second kappa shape index (κ2) is 11.0. The molecule has 0 spiro atoms. The molecule has 4 fully saturated rings. The maximum absolute atomic E-state index is 16.5. The zero-order valence-electron chi connectivity index (χ0n) is 26.9. The van der Waals surface area contributed by atoms with Crippen LogP contribution in [0.1, 0.15) is 65.5 Å². The normalized spacial score (nSPS) is 36.9. The summed E-state index contributed by atoms with van der Waals surface area (Å²) >= 11 is 0. The summed E-state index contributed by atoms with van der Waals surface area (Å²) in [6, 6.07) is 2.96. The van der Waals surface area contributed by atoms with Gasteiger partial charge in [0, 0.05) is 17.9 Å². The number of aromatic nitrogens is 2. The van der Waals surface area contributed by atoms with Crippen LogP contribution in [0.25, 0.3) is 11.0 Å². The van der Waals surface area contributed by atoms with Crippen LogP contribution in [-0.2, 0) is 20.2 Å². The number of nitrogens with zero attached hydrogens (tertiary/aromatic N) is 3. The number of alkyl halides is 2. The molecule has 1 saturated heterocycles. The molecule has 3 saturated carbocycles. The van der Waals surface area contributed by atoms with E-state index in [1.807, 2.05) is 20.8 Å². The molecule has 4 unspecified atom stereocenters. The molecule has 1 aromatic carbocycles. The van der Waals surface area contributed by atoms with Crippen LogP contribution in [0.15, 0.2) is 18.2 Å². The van der Waals surface area contributed by atoms with Crippen LogP contribution < -0.4 is 14.8 Å². The molecular formula is C34H42F2N4O6. The third kappa shape index (κ3) is 5.35. The predicted molar refractivity (Wildman–Crippen MR) is 162 cm³/mol. The third-order valence-electron chi connectivity index (χ3n) is 11.1. The number of nitrogens with one attached hydrogen (secondary N) is 1. The quantitative estimate of drug-likeness (QED) is 0.450. The van der Waals surface area contributed by atoms with E-state index in [1.54, 1.807) is 25.1 Å². The van der Waals surface area contributed by atoms with E-state index in [-0.39, 0.29) is 30.4 Å². The fraction of sp³-hybridized carbons (Fsp3) is 0.676. The number of carbonyl (C=O) groups is 3. The van der Waals surface area contributed by atoms with Crippen molar-refractivity contribution in [3.05, 3.63) is 23.9 Å². The lowest BCUT2D eigenvalue weighted by molar-refractivity contribution is -0.139. The van der Waals surface area contributed by atoms with Crippen molar-refractivity contribution in [3.8, 4) is 11.6 Å². The number of methoxy groups -OCH3 is 1. The molecule has 10 nitrogen and oxygen atoms in total. The van der Waals surface area contributed by atoms with Gasteiger partial charge in [-0.1, -0.05) is 27.7 Å². The van der Waals surface area contributed by atoms with Gasteiger partial charge in [0.05, 0.1) is 30.7 Å². The molecule has 5 aliphatic rings. The van der Waals surface area contributed by atoms with E-state index in [0.717, 1.165) is 12.8 Å². The largest absolute Gasteiger partial charge is 0.497 e. The van der Waals surface area contributed by atoms with E-state index in [9.17, 15) is 14.4 Å². The van der Waals surface area contributed by atoms with Gasteiger partial charge in [0.15, 0.2) is 5.69 Å². The maximum Gasteiger partial charge on any atom is 0.408 e. The number of carbonyl (C=O) groups excluding carboxylic acids is 3. The van der Waals surface area contributed by atoms with E-state index in [2.05, 4.69) is 15.3 Å². The van der Waals surface area contributed by atoms with Crippen LogP contribution in [0.4, 0.5) is 13.6 Å². The summed E-state index contributed by atoms with van der Waals surface area (Å²) < 4.78 is 50.5. The average Bonchev–Trinajstić information content (AvgIpc) is 3.91. The Balaban J connectivity index is 1.29. The minimum Gasteiger partial charge on any atom is -0.497 e. The number of hydrogen-bond donors (Lipinski definition) is 1. The van der Waals surface area contributed by atoms with Gasteiger partial charge in [-0.05, 0) is 73.3 Å². The third-order valence-corrected chi connectivity index (χ3v) is 11.1. The first-order chi connectivity index (χ1) is 21.8. The molecule has 0 radical (unpaired) electrons. The van der Waals surface area contributed by atoms with Crippen LogP contribution in [0.5, 0.6) is 11.6 Å². The number of rotatable bonds is 2. The van der Waals surface area contributed by atoms with Crippen molar-refractivity contribution < 1.29 is 37.4 Å². The van der Waals surface area contributed by atoms with Gasteiger partial charge >= 0.3 is 6.09 Å². The molecule has 1 N–H and O–H groups in total. The van der Waals surface area contributed by atoms with Crippen LogP contribution in [0.2, 0.25) is 0 Å². The van der Waals surface area contributed by atoms with E-state index >= 15 is 8.78 Å². The van der Waals surface area contributed by atoms with Gasteiger partial charge in [0.25, 0.3) is 5.92 Å². The number of aldehydes is 1. The fourth-order valence-electron chi connectivity index (χ4n) is 8.20. The standard InChI is InChI=1S/C34H42F2N4O6/c1-16-25(15-41)40-14-27(16)45-30-28(37-23-9-7-19(44-5)13-24(23)38-30)34(35,36)22-11-17(22)6-8-20-21-10-18(21)12-26(20)46-32(43)39-29(31(40)42)33(2,3)4/h7,9,13,15-18,20-22,25-27,29H,6,8,10-12,14H2,1-5H3,(H,39,43)/t16-,17?,18?,20+,21?,22?,25+,26+,27-,29+/m0/s1. The lowest BCUT2D eigenvalue weighted by Crippen LogP contribution is -2.56. The summed E-state index contributed by atoms with van der Waals surface area (Å²) in [6.45, 7) is 7.18. The number of benzene rings is 1. The molecule has 3 aliphatic carbocycles. The lowest BCUT2D eigenvalue weighted by atomic mass is 9.85. The second-order valence-electron chi connectivity index (χ2n) is 15.1. The molecule has 2 aliphatic heterocycles. The van der Waals surface area contributed by atoms with Gasteiger partial charge in [-0.15, -0.1) is 0 Å². The predicted octanol–water partition coefficient (Wildman–Crippen LogP) is 5.12. The number of alkyl carbamates (subject to hydrolysis) is 1. The minimum atomic E-state index is -3.32. The van der Waals surface area contributed by atoms with Crippen LogP contribution in [0.3, 0.4) is 0 Å². The van der Waals surface area contributed by atoms with Crippen molar-refractivity contribution in [1.82, 2.24) is 20.2 Å². The van der Waals surface area contributed by atoms with Crippen LogP contribution in [-0.4, -0.2) is 71.1 Å². The van der Waals surface area contributed by atoms with Crippen molar-refractivity contribution in [2.75, 3.05) is 13.7 Å². The SMILES string of the molecule is COc1ccc2nc3c(nc2c1)O[C@H]1CN(C(=O)[C@H](C(C)(C)C)NC(=O)O[C@@H]2CC4CC4[C@H]2CCC2CC2C3(F)F)[C@H](C=O)[C@@H]1C. The summed E-state index contributed by atoms with van der Waals surface area (Å²) in [6.07, 6.45) is 2.30. The molecule has 2 aromatic rings. The zero-order chi connectivity index (χ0) is 32.7. The Hall–Kier alpha value is -3.57. The highest BCUT2D eigenvalue weighted by Gasteiger charge is 2.60. The van der Waals surface area contributed by atoms with Gasteiger partial charge in [0.1, 0.15) is 30.3 Å². The van der Waals surface area contributed by atoms with E-state index in [1.165, 1.54) is 12.0 Å². The molecular weight excluding hydrogens is 598 g/mol. The van der Waals surface area contributed by atoms with Crippen LogP contribution >= 0.6 is 0 Å². The highest BCUT2D eigenvalue weighted by Crippen LogP contribution is 2.61. The fourth-order valence-corrected chi connectivity index (χ4v) is 8.20. The Labute approximate surface area is 266 Å². The van der Waals surface area contributed by atoms with E-state index in [0.29, 0.717) is 54.2 Å². The first kappa shape index (κ1) is 31.1. The molecule has 1 aromatic heterocycles. The lowest BCUT2D eigenvalue weighted by Gasteiger charge is -2.35. The summed E-state index contributed by atoms with van der Waals surface area (Å²) in [4.78, 5) is 50.2. The summed E-state index contributed by atoms with van der Waals surface area (Å²) in [5.41, 5.74) is -0.625. The van der Waals surface area contributed by atoms with Gasteiger partial charge in [-0.25, -0.2) is 14.8 Å². The first-order valence-electron chi connectivity index (χ1n) is 16.4. The molecule has 2 amide bonds. The van der Waals surface area contributed by atoms with E-state index in [4.69, 9.17) is 14.2 Å². The number of fused-ring (bicyclic) bond motifs is 8. The molecule has 3 heterocycles. The highest BCUT2D eigenvalue weighted by molar-refractivity contribution is 5.89. The second-order valence-corrected chi connectivity index (χ2v) is 15.1. The molecule has 2 bridgehead atoms.